The molecule has 2 aromatic heterocycles. The first kappa shape index (κ1) is 28.8. The Morgan fingerprint density at radius 3 is 2.40 bits per heavy atom. The fourth-order valence-corrected chi connectivity index (χ4v) is 5.50. The van der Waals surface area contributed by atoms with Gasteiger partial charge in [-0.05, 0) is 60.7 Å². The first-order valence-corrected chi connectivity index (χ1v) is 14.6. The van der Waals surface area contributed by atoms with Gasteiger partial charge in [-0.15, -0.1) is 11.3 Å². The summed E-state index contributed by atoms with van der Waals surface area (Å²) in [6.07, 6.45) is 0.987. The number of para-hydroxylation sites is 1. The number of carbonyl (C=O) groups is 2. The zero-order valence-corrected chi connectivity index (χ0v) is 24.6. The van der Waals surface area contributed by atoms with Crippen LogP contribution in [0.2, 0.25) is 0 Å². The number of hydrogen-bond donors (Lipinski definition) is 1. The van der Waals surface area contributed by atoms with Crippen molar-refractivity contribution in [1.29, 1.82) is 0 Å². The lowest BCUT2D eigenvalue weighted by Gasteiger charge is -2.20. The Bertz CT molecular complexity index is 1660. The van der Waals surface area contributed by atoms with Gasteiger partial charge in [0.25, 0.3) is 0 Å². The van der Waals surface area contributed by atoms with Crippen LogP contribution in [-0.2, 0) is 22.4 Å². The van der Waals surface area contributed by atoms with Gasteiger partial charge >= 0.3 is 5.97 Å². The molecule has 0 aliphatic rings. The molecule has 214 valence electrons. The third kappa shape index (κ3) is 6.78. The number of anilines is 1. The maximum atomic E-state index is 13.2. The molecule has 7 nitrogen and oxygen atoms in total. The number of esters is 1. The second kappa shape index (κ2) is 13.3. The van der Waals surface area contributed by atoms with Crippen LogP contribution < -0.4 is 10.1 Å². The largest absolute Gasteiger partial charge is 0.493 e. The van der Waals surface area contributed by atoms with Gasteiger partial charge in [-0.3, -0.25) is 4.79 Å². The maximum Gasteiger partial charge on any atom is 0.328 e. The van der Waals surface area contributed by atoms with Gasteiger partial charge in [0, 0.05) is 29.7 Å². The van der Waals surface area contributed by atoms with Gasteiger partial charge < -0.3 is 19.2 Å². The molecule has 0 aliphatic carbocycles. The quantitative estimate of drug-likeness (QED) is 0.125. The summed E-state index contributed by atoms with van der Waals surface area (Å²) in [7, 11) is 1.36. The minimum atomic E-state index is -0.692. The number of hydrogen-bond acceptors (Lipinski definition) is 8. The minimum absolute atomic E-state index is 0.123. The molecule has 3 aromatic carbocycles. The van der Waals surface area contributed by atoms with Crippen LogP contribution in [-0.4, -0.2) is 36.5 Å². The van der Waals surface area contributed by atoms with Gasteiger partial charge in [0.1, 0.15) is 17.6 Å². The van der Waals surface area contributed by atoms with E-state index in [4.69, 9.17) is 13.9 Å². The molecule has 0 fully saturated rings. The summed E-state index contributed by atoms with van der Waals surface area (Å²) in [4.78, 5) is 31.6. The van der Waals surface area contributed by atoms with Crippen LogP contribution >= 0.6 is 11.3 Å². The molecule has 0 saturated carbocycles. The standard InChI is InChI=1S/C34H32N2O5S/c1-22-18-20-42-32(22)33-36-28(23(2)41-33)17-19-40-26-15-13-24(14-16-26)21-30(34(38)39-3)35-29-12-8-7-11-27(29)31(37)25-9-5-4-6-10-25/h4-16,18,20,30,35H,17,19,21H2,1-3H3. The van der Waals surface area contributed by atoms with Gasteiger partial charge in [0.2, 0.25) is 5.89 Å². The topological polar surface area (TPSA) is 90.7 Å². The molecule has 2 heterocycles. The predicted octanol–water partition coefficient (Wildman–Crippen LogP) is 7.07. The van der Waals surface area contributed by atoms with Crippen LogP contribution in [0.4, 0.5) is 5.69 Å². The molecule has 5 rings (SSSR count). The van der Waals surface area contributed by atoms with Crippen LogP contribution in [0.1, 0.15) is 38.5 Å². The molecule has 1 N–H and O–H groups in total. The van der Waals surface area contributed by atoms with Crippen LogP contribution in [0.3, 0.4) is 0 Å². The number of aryl methyl sites for hydroxylation is 2. The Kier molecular flexibility index (Phi) is 9.14. The Morgan fingerprint density at radius 2 is 1.69 bits per heavy atom. The van der Waals surface area contributed by atoms with Gasteiger partial charge in [-0.2, -0.15) is 0 Å². The molecule has 42 heavy (non-hydrogen) atoms. The van der Waals surface area contributed by atoms with E-state index in [1.165, 1.54) is 7.11 Å². The smallest absolute Gasteiger partial charge is 0.328 e. The number of oxazole rings is 1. The Morgan fingerprint density at radius 1 is 0.952 bits per heavy atom. The lowest BCUT2D eigenvalue weighted by Crippen LogP contribution is -2.33. The second-order valence-electron chi connectivity index (χ2n) is 9.86. The van der Waals surface area contributed by atoms with Gasteiger partial charge in [0.15, 0.2) is 5.78 Å². The summed E-state index contributed by atoms with van der Waals surface area (Å²) in [5, 5.41) is 5.28. The Labute approximate surface area is 249 Å². The Hall–Kier alpha value is -4.69. The zero-order valence-electron chi connectivity index (χ0n) is 23.8. The first-order valence-electron chi connectivity index (χ1n) is 13.7. The van der Waals surface area contributed by atoms with E-state index >= 15 is 0 Å². The monoisotopic (exact) mass is 580 g/mol. The van der Waals surface area contributed by atoms with Crippen LogP contribution in [0, 0.1) is 13.8 Å². The van der Waals surface area contributed by atoms with Gasteiger partial charge in [0.05, 0.1) is 24.3 Å². The Balaban J connectivity index is 1.21. The molecule has 0 saturated heterocycles. The summed E-state index contributed by atoms with van der Waals surface area (Å²) in [5.74, 6) is 1.63. The van der Waals surface area contributed by atoms with Crippen molar-refractivity contribution in [3.8, 4) is 16.5 Å². The molecule has 0 spiro atoms. The first-order chi connectivity index (χ1) is 20.4. The van der Waals surface area contributed by atoms with E-state index in [1.807, 2.05) is 67.8 Å². The molecule has 5 aromatic rings. The van der Waals surface area contributed by atoms with E-state index < -0.39 is 12.0 Å². The molecular weight excluding hydrogens is 548 g/mol. The summed E-state index contributed by atoms with van der Waals surface area (Å²) in [6, 6.07) is 25.2. The van der Waals surface area contributed by atoms with E-state index in [1.54, 1.807) is 41.7 Å². The number of benzene rings is 3. The highest BCUT2D eigenvalue weighted by molar-refractivity contribution is 7.13. The van der Waals surface area contributed by atoms with E-state index in [0.717, 1.165) is 33.2 Å². The van der Waals surface area contributed by atoms with Gasteiger partial charge in [-0.25, -0.2) is 9.78 Å². The third-order valence-electron chi connectivity index (χ3n) is 6.94. The summed E-state index contributed by atoms with van der Waals surface area (Å²) in [6.45, 7) is 4.42. The van der Waals surface area contributed by atoms with Crippen molar-refractivity contribution in [3.63, 3.8) is 0 Å². The van der Waals surface area contributed by atoms with Crippen molar-refractivity contribution in [3.05, 3.63) is 124 Å². The van der Waals surface area contributed by atoms with Crippen molar-refractivity contribution in [2.24, 2.45) is 0 Å². The fourth-order valence-electron chi connectivity index (χ4n) is 4.65. The number of aromatic nitrogens is 1. The average Bonchev–Trinajstić information content (AvgIpc) is 3.62. The van der Waals surface area contributed by atoms with E-state index in [0.29, 0.717) is 42.2 Å². The molecule has 8 heteroatoms. The lowest BCUT2D eigenvalue weighted by atomic mass is 10.00. The number of methoxy groups -OCH3 is 1. The number of ketones is 1. The number of rotatable bonds is 12. The minimum Gasteiger partial charge on any atom is -0.493 e. The second-order valence-corrected chi connectivity index (χ2v) is 10.8. The predicted molar refractivity (Wildman–Crippen MR) is 164 cm³/mol. The number of thiophene rings is 1. The highest BCUT2D eigenvalue weighted by Crippen LogP contribution is 2.30. The van der Waals surface area contributed by atoms with Crippen LogP contribution in [0.25, 0.3) is 10.8 Å². The van der Waals surface area contributed by atoms with E-state index in [-0.39, 0.29) is 5.78 Å². The number of carbonyl (C=O) groups excluding carboxylic acids is 2. The normalized spacial score (nSPS) is 11.6. The van der Waals surface area contributed by atoms with Crippen molar-refractivity contribution in [2.45, 2.75) is 32.7 Å². The molecular formula is C34H32N2O5S. The van der Waals surface area contributed by atoms with E-state index in [9.17, 15) is 9.59 Å². The van der Waals surface area contributed by atoms with Crippen LogP contribution in [0.15, 0.2) is 94.7 Å². The highest BCUT2D eigenvalue weighted by Gasteiger charge is 2.23. The summed E-state index contributed by atoms with van der Waals surface area (Å²) >= 11 is 1.62. The summed E-state index contributed by atoms with van der Waals surface area (Å²) < 4.78 is 16.9. The van der Waals surface area contributed by atoms with Crippen molar-refractivity contribution in [2.75, 3.05) is 19.0 Å². The van der Waals surface area contributed by atoms with E-state index in [2.05, 4.69) is 16.4 Å². The SMILES string of the molecule is COC(=O)C(Cc1ccc(OCCc2nc(-c3sccc3C)oc2C)cc1)Nc1ccccc1C(=O)c1ccccc1. The maximum absolute atomic E-state index is 13.2. The number of nitrogens with one attached hydrogen (secondary N) is 1. The molecule has 0 radical (unpaired) electrons. The number of ether oxygens (including phenoxy) is 2. The average molecular weight is 581 g/mol. The molecule has 1 unspecified atom stereocenters. The van der Waals surface area contributed by atoms with Crippen molar-refractivity contribution < 1.29 is 23.5 Å². The molecule has 1 atom stereocenters. The van der Waals surface area contributed by atoms with Crippen LogP contribution in [0.5, 0.6) is 5.75 Å². The fraction of sp³-hybridized carbons (Fsp3) is 0.206. The lowest BCUT2D eigenvalue weighted by molar-refractivity contribution is -0.141. The molecule has 0 bridgehead atoms. The zero-order chi connectivity index (χ0) is 29.5. The molecule has 0 aliphatic heterocycles. The highest BCUT2D eigenvalue weighted by atomic mass is 32.1. The van der Waals surface area contributed by atoms with Crippen molar-refractivity contribution >= 4 is 28.8 Å². The number of nitrogens with zero attached hydrogens (tertiary/aromatic N) is 1. The van der Waals surface area contributed by atoms with Crippen molar-refractivity contribution in [1.82, 2.24) is 4.98 Å². The summed E-state index contributed by atoms with van der Waals surface area (Å²) in [5.41, 5.74) is 4.59. The molecule has 0 amide bonds. The third-order valence-corrected chi connectivity index (χ3v) is 7.95. The van der Waals surface area contributed by atoms with Gasteiger partial charge in [-0.1, -0.05) is 54.6 Å².